The van der Waals surface area contributed by atoms with Gasteiger partial charge < -0.3 is 4.74 Å². The highest BCUT2D eigenvalue weighted by Gasteiger charge is 2.45. The Labute approximate surface area is 107 Å². The molecule has 1 fully saturated rings. The summed E-state index contributed by atoms with van der Waals surface area (Å²) >= 11 is -0.151. The number of carbonyl (C=O) groups excluding carboxylic acids is 1. The Bertz CT molecular complexity index is 433. The standard InChI is InChI=1S/C12H11F3O2S/c13-12(14,15)18-8-11(7-6-10(16)17-11)9-4-2-1-3-5-9/h1-5H,6-8H2. The minimum atomic E-state index is -4.32. The molecule has 1 aliphatic rings. The minimum Gasteiger partial charge on any atom is -0.453 e. The van der Waals surface area contributed by atoms with Gasteiger partial charge in [-0.15, -0.1) is 0 Å². The Hall–Kier alpha value is -1.17. The first kappa shape index (κ1) is 13.3. The molecule has 1 aliphatic heterocycles. The quantitative estimate of drug-likeness (QED) is 0.791. The molecule has 2 nitrogen and oxygen atoms in total. The molecule has 98 valence electrons. The van der Waals surface area contributed by atoms with Crippen molar-refractivity contribution in [3.05, 3.63) is 35.9 Å². The first-order chi connectivity index (χ1) is 8.41. The first-order valence-electron chi connectivity index (χ1n) is 5.39. The van der Waals surface area contributed by atoms with E-state index in [9.17, 15) is 18.0 Å². The number of carbonyl (C=O) groups is 1. The molecule has 1 unspecified atom stereocenters. The van der Waals surface area contributed by atoms with Gasteiger partial charge in [-0.3, -0.25) is 4.79 Å². The van der Waals surface area contributed by atoms with Gasteiger partial charge in [-0.25, -0.2) is 0 Å². The fourth-order valence-electron chi connectivity index (χ4n) is 1.95. The third-order valence-electron chi connectivity index (χ3n) is 2.81. The summed E-state index contributed by atoms with van der Waals surface area (Å²) in [6.45, 7) is 0. The van der Waals surface area contributed by atoms with Gasteiger partial charge in [-0.05, 0) is 17.3 Å². The van der Waals surface area contributed by atoms with Crippen molar-refractivity contribution in [3.63, 3.8) is 0 Å². The second-order valence-corrected chi connectivity index (χ2v) is 5.11. The van der Waals surface area contributed by atoms with Crippen molar-refractivity contribution in [3.8, 4) is 0 Å². The van der Waals surface area contributed by atoms with Gasteiger partial charge in [0.15, 0.2) is 0 Å². The Morgan fingerprint density at radius 3 is 2.44 bits per heavy atom. The predicted molar refractivity (Wildman–Crippen MR) is 62.0 cm³/mol. The van der Waals surface area contributed by atoms with Crippen molar-refractivity contribution in [1.29, 1.82) is 0 Å². The van der Waals surface area contributed by atoms with Crippen LogP contribution in [0.1, 0.15) is 18.4 Å². The average molecular weight is 276 g/mol. The zero-order valence-electron chi connectivity index (χ0n) is 9.37. The predicted octanol–water partition coefficient (Wildman–Crippen LogP) is 3.47. The van der Waals surface area contributed by atoms with Gasteiger partial charge in [0, 0.05) is 18.6 Å². The minimum absolute atomic E-state index is 0.151. The van der Waals surface area contributed by atoms with E-state index in [2.05, 4.69) is 0 Å². The summed E-state index contributed by atoms with van der Waals surface area (Å²) in [5.74, 6) is -0.742. The monoisotopic (exact) mass is 276 g/mol. The normalized spacial score (nSPS) is 24.1. The second kappa shape index (κ2) is 4.84. The lowest BCUT2D eigenvalue weighted by Crippen LogP contribution is -2.30. The summed E-state index contributed by atoms with van der Waals surface area (Å²) < 4.78 is 42.1. The molecule has 0 bridgehead atoms. The van der Waals surface area contributed by atoms with Crippen LogP contribution in [0.2, 0.25) is 0 Å². The molecule has 1 heterocycles. The number of hydrogen-bond donors (Lipinski definition) is 0. The molecule has 0 amide bonds. The fraction of sp³-hybridized carbons (Fsp3) is 0.417. The van der Waals surface area contributed by atoms with Crippen LogP contribution in [0.15, 0.2) is 30.3 Å². The summed E-state index contributed by atoms with van der Waals surface area (Å²) in [6.07, 6.45) is 0.451. The van der Waals surface area contributed by atoms with Crippen LogP contribution < -0.4 is 0 Å². The van der Waals surface area contributed by atoms with Crippen LogP contribution in [0.3, 0.4) is 0 Å². The molecule has 0 saturated carbocycles. The van der Waals surface area contributed by atoms with Gasteiger partial charge in [0.05, 0.1) is 0 Å². The van der Waals surface area contributed by atoms with Crippen LogP contribution in [0, 0.1) is 0 Å². The van der Waals surface area contributed by atoms with E-state index in [1.807, 2.05) is 0 Å². The van der Waals surface area contributed by atoms with Crippen LogP contribution in [-0.2, 0) is 15.1 Å². The van der Waals surface area contributed by atoms with E-state index >= 15 is 0 Å². The molecule has 1 aromatic rings. The fourth-order valence-corrected chi connectivity index (χ4v) is 2.72. The lowest BCUT2D eigenvalue weighted by atomic mass is 9.93. The number of rotatable bonds is 3. The number of benzene rings is 1. The van der Waals surface area contributed by atoms with Crippen LogP contribution in [0.25, 0.3) is 0 Å². The molecule has 0 spiro atoms. The first-order valence-corrected chi connectivity index (χ1v) is 6.38. The molecular weight excluding hydrogens is 265 g/mol. The zero-order chi connectivity index (χ0) is 13.2. The number of ether oxygens (including phenoxy) is 1. The zero-order valence-corrected chi connectivity index (χ0v) is 10.2. The second-order valence-electron chi connectivity index (χ2n) is 4.07. The largest absolute Gasteiger partial charge is 0.453 e. The number of cyclic esters (lactones) is 1. The van der Waals surface area contributed by atoms with Crippen LogP contribution in [0.4, 0.5) is 13.2 Å². The number of alkyl halides is 3. The van der Waals surface area contributed by atoms with Gasteiger partial charge in [0.1, 0.15) is 5.60 Å². The van der Waals surface area contributed by atoms with Gasteiger partial charge in [0.2, 0.25) is 0 Å². The summed E-state index contributed by atoms with van der Waals surface area (Å²) in [6, 6.07) is 8.60. The van der Waals surface area contributed by atoms with Crippen LogP contribution in [-0.4, -0.2) is 17.2 Å². The number of hydrogen-bond acceptors (Lipinski definition) is 3. The summed E-state index contributed by atoms with van der Waals surface area (Å²) in [5.41, 5.74) is -4.84. The van der Waals surface area contributed by atoms with E-state index in [1.54, 1.807) is 30.3 Å². The Morgan fingerprint density at radius 2 is 1.94 bits per heavy atom. The smallest absolute Gasteiger partial charge is 0.441 e. The molecule has 0 radical (unpaired) electrons. The Morgan fingerprint density at radius 1 is 1.28 bits per heavy atom. The van der Waals surface area contributed by atoms with Gasteiger partial charge in [-0.2, -0.15) is 13.2 Å². The maximum Gasteiger partial charge on any atom is 0.441 e. The van der Waals surface area contributed by atoms with Crippen molar-refractivity contribution in [2.45, 2.75) is 24.0 Å². The van der Waals surface area contributed by atoms with Gasteiger partial charge >= 0.3 is 11.5 Å². The highest BCUT2D eigenvalue weighted by molar-refractivity contribution is 8.00. The topological polar surface area (TPSA) is 26.3 Å². The molecular formula is C12H11F3O2S. The molecule has 0 aromatic heterocycles. The van der Waals surface area contributed by atoms with E-state index in [0.29, 0.717) is 12.0 Å². The van der Waals surface area contributed by atoms with Crippen molar-refractivity contribution < 1.29 is 22.7 Å². The SMILES string of the molecule is O=C1CCC(CSC(F)(F)F)(c2ccccc2)O1. The van der Waals surface area contributed by atoms with E-state index < -0.39 is 17.1 Å². The maximum atomic E-state index is 12.3. The molecule has 1 saturated heterocycles. The molecule has 0 N–H and O–H groups in total. The number of esters is 1. The van der Waals surface area contributed by atoms with E-state index in [4.69, 9.17) is 4.74 Å². The van der Waals surface area contributed by atoms with Gasteiger partial charge in [-0.1, -0.05) is 30.3 Å². The lowest BCUT2D eigenvalue weighted by Gasteiger charge is -2.28. The number of thioether (sulfide) groups is 1. The van der Waals surface area contributed by atoms with Crippen LogP contribution in [0.5, 0.6) is 0 Å². The average Bonchev–Trinajstić information content (AvgIpc) is 2.70. The lowest BCUT2D eigenvalue weighted by molar-refractivity contribution is -0.147. The summed E-state index contributed by atoms with van der Waals surface area (Å²) in [4.78, 5) is 11.2. The van der Waals surface area contributed by atoms with Crippen molar-refractivity contribution in [2.24, 2.45) is 0 Å². The van der Waals surface area contributed by atoms with Crippen molar-refractivity contribution in [2.75, 3.05) is 5.75 Å². The third kappa shape index (κ3) is 2.98. The highest BCUT2D eigenvalue weighted by atomic mass is 32.2. The van der Waals surface area contributed by atoms with Gasteiger partial charge in [0.25, 0.3) is 0 Å². The van der Waals surface area contributed by atoms with Crippen molar-refractivity contribution in [1.82, 2.24) is 0 Å². The highest BCUT2D eigenvalue weighted by Crippen LogP contribution is 2.43. The molecule has 1 aromatic carbocycles. The van der Waals surface area contributed by atoms with Crippen molar-refractivity contribution >= 4 is 17.7 Å². The van der Waals surface area contributed by atoms with Crippen LogP contribution >= 0.6 is 11.8 Å². The number of halogens is 3. The summed E-state index contributed by atoms with van der Waals surface area (Å²) in [7, 11) is 0. The Balaban J connectivity index is 2.22. The molecule has 1 atom stereocenters. The molecule has 2 rings (SSSR count). The van der Waals surface area contributed by atoms with E-state index in [-0.39, 0.29) is 23.9 Å². The Kier molecular flexibility index (Phi) is 3.56. The van der Waals surface area contributed by atoms with E-state index in [1.165, 1.54) is 0 Å². The third-order valence-corrected chi connectivity index (χ3v) is 3.75. The molecule has 6 heteroatoms. The summed E-state index contributed by atoms with van der Waals surface area (Å²) in [5, 5.41) is 0. The maximum absolute atomic E-state index is 12.3. The van der Waals surface area contributed by atoms with E-state index in [0.717, 1.165) is 0 Å². The molecule has 18 heavy (non-hydrogen) atoms. The molecule has 0 aliphatic carbocycles.